The monoisotopic (exact) mass is 305 g/mol. The van der Waals surface area contributed by atoms with Crippen LogP contribution < -0.4 is 5.73 Å². The quantitative estimate of drug-likeness (QED) is 0.822. The van der Waals surface area contributed by atoms with E-state index in [1.807, 2.05) is 0 Å². The second kappa shape index (κ2) is 7.23. The number of nitrogens with zero attached hydrogens (tertiary/aromatic N) is 2. The Kier molecular flexibility index (Phi) is 5.30. The normalized spacial score (nSPS) is 31.5. The molecule has 126 valence electrons. The van der Waals surface area contributed by atoms with Gasteiger partial charge in [-0.25, -0.2) is 4.99 Å². The van der Waals surface area contributed by atoms with E-state index in [1.54, 1.807) is 0 Å². The molecule has 3 nitrogen and oxygen atoms in total. The fraction of sp³-hybridized carbons (Fsp3) is 0.947. The van der Waals surface area contributed by atoms with Gasteiger partial charge in [-0.3, -0.25) is 0 Å². The second-order valence-electron chi connectivity index (χ2n) is 8.30. The summed E-state index contributed by atoms with van der Waals surface area (Å²) in [5.74, 6) is 2.63. The summed E-state index contributed by atoms with van der Waals surface area (Å²) >= 11 is 0. The predicted octanol–water partition coefficient (Wildman–Crippen LogP) is 4.32. The molecule has 3 rings (SSSR count). The molecule has 0 saturated heterocycles. The molecule has 2 N–H and O–H groups in total. The van der Waals surface area contributed by atoms with Crippen molar-refractivity contribution < 1.29 is 0 Å². The first-order valence-electron chi connectivity index (χ1n) is 9.73. The maximum atomic E-state index is 6.14. The lowest BCUT2D eigenvalue weighted by Gasteiger charge is -2.34. The Labute approximate surface area is 136 Å². The molecule has 0 aromatic heterocycles. The van der Waals surface area contributed by atoms with Gasteiger partial charge in [-0.2, -0.15) is 0 Å². The van der Waals surface area contributed by atoms with Gasteiger partial charge in [0.2, 0.25) is 0 Å². The van der Waals surface area contributed by atoms with E-state index in [9.17, 15) is 0 Å². The smallest absolute Gasteiger partial charge is 0.191 e. The van der Waals surface area contributed by atoms with E-state index in [0.29, 0.717) is 0 Å². The van der Waals surface area contributed by atoms with E-state index >= 15 is 0 Å². The van der Waals surface area contributed by atoms with E-state index in [-0.39, 0.29) is 5.54 Å². The molecule has 0 spiro atoms. The minimum atomic E-state index is 0.137. The third kappa shape index (κ3) is 3.97. The third-order valence-corrected chi connectivity index (χ3v) is 6.41. The molecular weight excluding hydrogens is 270 g/mol. The predicted molar refractivity (Wildman–Crippen MR) is 94.0 cm³/mol. The number of hydrogen-bond acceptors (Lipinski definition) is 3. The van der Waals surface area contributed by atoms with Gasteiger partial charge in [0.05, 0.1) is 5.54 Å². The van der Waals surface area contributed by atoms with Crippen molar-refractivity contribution in [2.24, 2.45) is 22.6 Å². The number of guanidine groups is 1. The fourth-order valence-electron chi connectivity index (χ4n) is 5.11. The molecule has 2 aliphatic carbocycles. The SMILES string of the molecule is CN1C[C@@](CCC2CCCCC2)(CC2CCCCC2)N=C1N. The molecule has 1 aliphatic heterocycles. The van der Waals surface area contributed by atoms with E-state index in [2.05, 4.69) is 11.9 Å². The lowest BCUT2D eigenvalue weighted by atomic mass is 9.75. The maximum Gasteiger partial charge on any atom is 0.191 e. The van der Waals surface area contributed by atoms with Gasteiger partial charge in [0.25, 0.3) is 0 Å². The standard InChI is InChI=1S/C19H35N3/c1-22-15-19(21-18(22)20,14-17-10-6-3-7-11-17)13-12-16-8-4-2-5-9-16/h16-17H,2-15H2,1H3,(H2,20,21)/t19-/m1/s1. The minimum Gasteiger partial charge on any atom is -0.370 e. The maximum absolute atomic E-state index is 6.14. The number of nitrogens with two attached hydrogens (primary N) is 1. The highest BCUT2D eigenvalue weighted by Gasteiger charge is 2.39. The molecule has 3 aliphatic rings. The van der Waals surface area contributed by atoms with Crippen LogP contribution in [0.3, 0.4) is 0 Å². The van der Waals surface area contributed by atoms with Gasteiger partial charge in [0.1, 0.15) is 0 Å². The molecule has 0 amide bonds. The van der Waals surface area contributed by atoms with Gasteiger partial charge in [0.15, 0.2) is 5.96 Å². The zero-order valence-electron chi connectivity index (χ0n) is 14.5. The largest absolute Gasteiger partial charge is 0.370 e. The van der Waals surface area contributed by atoms with E-state index in [4.69, 9.17) is 10.7 Å². The molecule has 0 unspecified atom stereocenters. The topological polar surface area (TPSA) is 41.6 Å². The van der Waals surface area contributed by atoms with E-state index < -0.39 is 0 Å². The highest BCUT2D eigenvalue weighted by atomic mass is 15.3. The van der Waals surface area contributed by atoms with Gasteiger partial charge >= 0.3 is 0 Å². The van der Waals surface area contributed by atoms with Crippen LogP contribution in [0.5, 0.6) is 0 Å². The Balaban J connectivity index is 1.61. The summed E-state index contributed by atoms with van der Waals surface area (Å²) in [5, 5.41) is 0. The zero-order valence-corrected chi connectivity index (χ0v) is 14.5. The lowest BCUT2D eigenvalue weighted by molar-refractivity contribution is 0.215. The molecule has 1 heterocycles. The van der Waals surface area contributed by atoms with Crippen molar-refractivity contribution in [2.45, 2.75) is 89.0 Å². The highest BCUT2D eigenvalue weighted by molar-refractivity contribution is 5.80. The molecule has 2 saturated carbocycles. The van der Waals surface area contributed by atoms with Crippen LogP contribution in [0.15, 0.2) is 4.99 Å². The Hall–Kier alpha value is -0.730. The summed E-state index contributed by atoms with van der Waals surface area (Å²) in [5.41, 5.74) is 6.28. The van der Waals surface area contributed by atoms with Crippen LogP contribution in [0.4, 0.5) is 0 Å². The highest BCUT2D eigenvalue weighted by Crippen LogP contribution is 2.39. The van der Waals surface area contributed by atoms with Crippen molar-refractivity contribution >= 4 is 5.96 Å². The van der Waals surface area contributed by atoms with Crippen LogP contribution in [0.2, 0.25) is 0 Å². The van der Waals surface area contributed by atoms with Crippen molar-refractivity contribution in [1.82, 2.24) is 4.90 Å². The third-order valence-electron chi connectivity index (χ3n) is 6.41. The Morgan fingerprint density at radius 3 is 2.14 bits per heavy atom. The first kappa shape index (κ1) is 16.1. The van der Waals surface area contributed by atoms with Crippen LogP contribution in [0.25, 0.3) is 0 Å². The number of hydrogen-bond donors (Lipinski definition) is 1. The summed E-state index contributed by atoms with van der Waals surface area (Å²) in [6.45, 7) is 1.06. The Bertz CT molecular complexity index is 380. The van der Waals surface area contributed by atoms with Gasteiger partial charge in [-0.15, -0.1) is 0 Å². The van der Waals surface area contributed by atoms with Gasteiger partial charge < -0.3 is 10.6 Å². The summed E-state index contributed by atoms with van der Waals surface area (Å²) < 4.78 is 0. The first-order chi connectivity index (χ1) is 10.7. The van der Waals surface area contributed by atoms with Crippen molar-refractivity contribution in [2.75, 3.05) is 13.6 Å². The second-order valence-corrected chi connectivity index (χ2v) is 8.30. The number of likely N-dealkylation sites (N-methyl/N-ethyl adjacent to an activating group) is 1. The van der Waals surface area contributed by atoms with Gasteiger partial charge in [0, 0.05) is 13.6 Å². The van der Waals surface area contributed by atoms with Crippen LogP contribution in [-0.4, -0.2) is 30.0 Å². The van der Waals surface area contributed by atoms with E-state index in [0.717, 1.165) is 24.3 Å². The van der Waals surface area contributed by atoms with E-state index in [1.165, 1.54) is 83.5 Å². The lowest BCUT2D eigenvalue weighted by Crippen LogP contribution is -2.37. The number of aliphatic imine (C=N–C) groups is 1. The van der Waals surface area contributed by atoms with Crippen molar-refractivity contribution in [3.8, 4) is 0 Å². The van der Waals surface area contributed by atoms with Crippen molar-refractivity contribution in [1.29, 1.82) is 0 Å². The Morgan fingerprint density at radius 1 is 1.00 bits per heavy atom. The molecule has 0 bridgehead atoms. The average molecular weight is 306 g/mol. The average Bonchev–Trinajstić information content (AvgIpc) is 2.82. The minimum absolute atomic E-state index is 0.137. The van der Waals surface area contributed by atoms with Crippen molar-refractivity contribution in [3.63, 3.8) is 0 Å². The summed E-state index contributed by atoms with van der Waals surface area (Å²) in [6, 6.07) is 0. The van der Waals surface area contributed by atoms with Crippen LogP contribution in [0.1, 0.15) is 83.5 Å². The summed E-state index contributed by atoms with van der Waals surface area (Å²) in [4.78, 5) is 7.18. The zero-order chi connectivity index (χ0) is 15.4. The molecule has 0 aromatic carbocycles. The van der Waals surface area contributed by atoms with Crippen LogP contribution >= 0.6 is 0 Å². The fourth-order valence-corrected chi connectivity index (χ4v) is 5.11. The molecule has 0 radical (unpaired) electrons. The molecule has 3 heteroatoms. The van der Waals surface area contributed by atoms with Gasteiger partial charge in [-0.05, 0) is 31.1 Å². The summed E-state index contributed by atoms with van der Waals surface area (Å²) in [7, 11) is 2.11. The molecular formula is C19H35N3. The van der Waals surface area contributed by atoms with Crippen LogP contribution in [-0.2, 0) is 0 Å². The molecule has 1 atom stereocenters. The number of rotatable bonds is 5. The first-order valence-corrected chi connectivity index (χ1v) is 9.73. The summed E-state index contributed by atoms with van der Waals surface area (Å²) in [6.07, 6.45) is 18.3. The Morgan fingerprint density at radius 2 is 1.59 bits per heavy atom. The van der Waals surface area contributed by atoms with Crippen molar-refractivity contribution in [3.05, 3.63) is 0 Å². The van der Waals surface area contributed by atoms with Crippen LogP contribution in [0, 0.1) is 11.8 Å². The molecule has 22 heavy (non-hydrogen) atoms. The molecule has 0 aromatic rings. The molecule has 2 fully saturated rings. The van der Waals surface area contributed by atoms with Gasteiger partial charge in [-0.1, -0.05) is 64.2 Å².